The number of anilines is 1. The summed E-state index contributed by atoms with van der Waals surface area (Å²) in [6, 6.07) is 0.163. The summed E-state index contributed by atoms with van der Waals surface area (Å²) in [7, 11) is -2.93. The fraction of sp³-hybridized carbons (Fsp3) is 0.750. The lowest BCUT2D eigenvalue weighted by Gasteiger charge is -2.10. The SMILES string of the molecule is CC(C)n1c(N)nnc1SCCS(C)(=O)=O. The van der Waals surface area contributed by atoms with Crippen LogP contribution in [0.3, 0.4) is 0 Å². The fourth-order valence-electron chi connectivity index (χ4n) is 1.16. The van der Waals surface area contributed by atoms with Gasteiger partial charge < -0.3 is 5.73 Å². The van der Waals surface area contributed by atoms with Crippen molar-refractivity contribution >= 4 is 27.5 Å². The Kier molecular flexibility index (Phi) is 4.20. The second kappa shape index (κ2) is 5.05. The third-order valence-corrected chi connectivity index (χ3v) is 4.04. The van der Waals surface area contributed by atoms with Crippen LogP contribution >= 0.6 is 11.8 Å². The lowest BCUT2D eigenvalue weighted by Crippen LogP contribution is -2.09. The minimum absolute atomic E-state index is 0.128. The van der Waals surface area contributed by atoms with Gasteiger partial charge in [-0.05, 0) is 13.8 Å². The van der Waals surface area contributed by atoms with Gasteiger partial charge in [-0.3, -0.25) is 4.57 Å². The van der Waals surface area contributed by atoms with Crippen LogP contribution in [0.1, 0.15) is 19.9 Å². The number of nitrogens with zero attached hydrogens (tertiary/aromatic N) is 3. The maximum atomic E-state index is 11.0. The van der Waals surface area contributed by atoms with Gasteiger partial charge in [-0.2, -0.15) is 0 Å². The molecule has 0 bridgehead atoms. The molecule has 0 radical (unpaired) electrons. The molecule has 0 spiro atoms. The van der Waals surface area contributed by atoms with Gasteiger partial charge in [-0.1, -0.05) is 11.8 Å². The molecule has 0 amide bonds. The molecule has 0 aliphatic rings. The van der Waals surface area contributed by atoms with Crippen LogP contribution in [0, 0.1) is 0 Å². The van der Waals surface area contributed by atoms with Crippen LogP contribution in [-0.2, 0) is 9.84 Å². The van der Waals surface area contributed by atoms with Crippen LogP contribution in [0.25, 0.3) is 0 Å². The van der Waals surface area contributed by atoms with Gasteiger partial charge in [0.1, 0.15) is 9.84 Å². The van der Waals surface area contributed by atoms with Crippen molar-refractivity contribution in [2.24, 2.45) is 0 Å². The van der Waals surface area contributed by atoms with Crippen LogP contribution in [0.5, 0.6) is 0 Å². The Bertz CT molecular complexity index is 453. The van der Waals surface area contributed by atoms with Crippen LogP contribution < -0.4 is 5.73 Å². The van der Waals surface area contributed by atoms with E-state index in [0.29, 0.717) is 16.9 Å². The van der Waals surface area contributed by atoms with Gasteiger partial charge in [0.2, 0.25) is 5.95 Å². The first kappa shape index (κ1) is 13.3. The van der Waals surface area contributed by atoms with Crippen LogP contribution in [0.4, 0.5) is 5.95 Å². The Morgan fingerprint density at radius 3 is 2.56 bits per heavy atom. The van der Waals surface area contributed by atoms with Crippen molar-refractivity contribution < 1.29 is 8.42 Å². The molecule has 2 N–H and O–H groups in total. The number of rotatable bonds is 5. The molecule has 1 rings (SSSR count). The zero-order chi connectivity index (χ0) is 12.3. The summed E-state index contributed by atoms with van der Waals surface area (Å²) < 4.78 is 23.7. The Hall–Kier alpha value is -0.760. The normalized spacial score (nSPS) is 12.2. The van der Waals surface area contributed by atoms with Crippen LogP contribution in [-0.4, -0.2) is 40.9 Å². The Morgan fingerprint density at radius 1 is 1.44 bits per heavy atom. The van der Waals surface area contributed by atoms with Gasteiger partial charge in [0.15, 0.2) is 5.16 Å². The van der Waals surface area contributed by atoms with Crippen molar-refractivity contribution in [3.63, 3.8) is 0 Å². The van der Waals surface area contributed by atoms with Crippen molar-refractivity contribution in [3.8, 4) is 0 Å². The summed E-state index contributed by atoms with van der Waals surface area (Å²) in [6.07, 6.45) is 1.22. The van der Waals surface area contributed by atoms with E-state index in [4.69, 9.17) is 5.73 Å². The Morgan fingerprint density at radius 2 is 2.06 bits per heavy atom. The average Bonchev–Trinajstić information content (AvgIpc) is 2.44. The number of hydrogen-bond donors (Lipinski definition) is 1. The standard InChI is InChI=1S/C8H16N4O2S2/c1-6(2)12-7(9)10-11-8(12)15-4-5-16(3,13)14/h6H,4-5H2,1-3H3,(H2,9,10). The number of thioether (sulfide) groups is 1. The maximum Gasteiger partial charge on any atom is 0.222 e. The molecule has 6 nitrogen and oxygen atoms in total. The number of nitrogens with two attached hydrogens (primary N) is 1. The number of sulfone groups is 1. The lowest BCUT2D eigenvalue weighted by molar-refractivity contribution is 0.557. The molecule has 0 unspecified atom stereocenters. The fourth-order valence-corrected chi connectivity index (χ4v) is 3.43. The molecule has 92 valence electrons. The van der Waals surface area contributed by atoms with Crippen LogP contribution in [0.15, 0.2) is 5.16 Å². The third kappa shape index (κ3) is 3.67. The van der Waals surface area contributed by atoms with Crippen molar-refractivity contribution in [1.29, 1.82) is 0 Å². The monoisotopic (exact) mass is 264 g/mol. The van der Waals surface area contributed by atoms with Gasteiger partial charge >= 0.3 is 0 Å². The van der Waals surface area contributed by atoms with E-state index in [1.807, 2.05) is 13.8 Å². The second-order valence-electron chi connectivity index (χ2n) is 3.78. The highest BCUT2D eigenvalue weighted by Crippen LogP contribution is 2.22. The summed E-state index contributed by atoms with van der Waals surface area (Å²) >= 11 is 1.35. The summed E-state index contributed by atoms with van der Waals surface area (Å²) in [6.45, 7) is 3.95. The summed E-state index contributed by atoms with van der Waals surface area (Å²) in [5, 5.41) is 8.35. The average molecular weight is 264 g/mol. The highest BCUT2D eigenvalue weighted by molar-refractivity contribution is 8.00. The van der Waals surface area contributed by atoms with Crippen molar-refractivity contribution in [2.45, 2.75) is 25.0 Å². The largest absolute Gasteiger partial charge is 0.368 e. The van der Waals surface area contributed by atoms with Gasteiger partial charge in [0.05, 0.1) is 5.75 Å². The quantitative estimate of drug-likeness (QED) is 0.782. The lowest BCUT2D eigenvalue weighted by atomic mass is 10.4. The minimum Gasteiger partial charge on any atom is -0.368 e. The molecule has 0 saturated heterocycles. The van der Waals surface area contributed by atoms with E-state index in [-0.39, 0.29) is 11.8 Å². The van der Waals surface area contributed by atoms with E-state index in [2.05, 4.69) is 10.2 Å². The molecule has 0 aliphatic heterocycles. The highest BCUT2D eigenvalue weighted by atomic mass is 32.2. The van der Waals surface area contributed by atoms with E-state index in [1.165, 1.54) is 18.0 Å². The molecule has 0 aromatic carbocycles. The van der Waals surface area contributed by atoms with E-state index in [9.17, 15) is 8.42 Å². The van der Waals surface area contributed by atoms with Crippen LogP contribution in [0.2, 0.25) is 0 Å². The van der Waals surface area contributed by atoms with Gasteiger partial charge in [0.25, 0.3) is 0 Å². The third-order valence-electron chi connectivity index (χ3n) is 1.89. The molecular weight excluding hydrogens is 248 g/mol. The molecule has 0 atom stereocenters. The van der Waals surface area contributed by atoms with Gasteiger partial charge in [0, 0.05) is 18.1 Å². The number of aromatic nitrogens is 3. The molecule has 16 heavy (non-hydrogen) atoms. The van der Waals surface area contributed by atoms with Crippen molar-refractivity contribution in [1.82, 2.24) is 14.8 Å². The molecule has 0 saturated carbocycles. The number of nitrogen functional groups attached to an aromatic ring is 1. The second-order valence-corrected chi connectivity index (χ2v) is 7.10. The zero-order valence-corrected chi connectivity index (χ0v) is 11.2. The van der Waals surface area contributed by atoms with E-state index >= 15 is 0 Å². The highest BCUT2D eigenvalue weighted by Gasteiger charge is 2.13. The first-order valence-electron chi connectivity index (χ1n) is 4.82. The van der Waals surface area contributed by atoms with E-state index < -0.39 is 9.84 Å². The van der Waals surface area contributed by atoms with E-state index in [0.717, 1.165) is 0 Å². The Labute approximate surface area is 99.5 Å². The summed E-state index contributed by atoms with van der Waals surface area (Å²) in [5.74, 6) is 0.948. The maximum absolute atomic E-state index is 11.0. The molecule has 1 aromatic rings. The molecule has 1 aromatic heterocycles. The topological polar surface area (TPSA) is 90.9 Å². The minimum atomic E-state index is -2.93. The van der Waals surface area contributed by atoms with Crippen molar-refractivity contribution in [3.05, 3.63) is 0 Å². The van der Waals surface area contributed by atoms with Crippen molar-refractivity contribution in [2.75, 3.05) is 23.5 Å². The molecule has 8 heteroatoms. The summed E-state index contributed by atoms with van der Waals surface area (Å²) in [5.41, 5.74) is 5.66. The Balaban J connectivity index is 2.68. The molecular formula is C8H16N4O2S2. The molecule has 0 fully saturated rings. The molecule has 1 heterocycles. The molecule has 0 aliphatic carbocycles. The first-order valence-corrected chi connectivity index (χ1v) is 7.87. The predicted molar refractivity (Wildman–Crippen MR) is 65.3 cm³/mol. The zero-order valence-electron chi connectivity index (χ0n) is 9.54. The predicted octanol–water partition coefficient (Wildman–Crippen LogP) is 0.578. The summed E-state index contributed by atoms with van der Waals surface area (Å²) in [4.78, 5) is 0. The smallest absolute Gasteiger partial charge is 0.222 e. The van der Waals surface area contributed by atoms with Gasteiger partial charge in [-0.15, -0.1) is 10.2 Å². The number of hydrogen-bond acceptors (Lipinski definition) is 6. The van der Waals surface area contributed by atoms with E-state index in [1.54, 1.807) is 4.57 Å². The van der Waals surface area contributed by atoms with Gasteiger partial charge in [-0.25, -0.2) is 8.42 Å². The first-order chi connectivity index (χ1) is 7.31.